The standard InChI is InChI=1S/C4H5NO2S2.C4H6O4S/c6-3(7)2-1-9-4(8)5-2;5-3(6)1-8-2-4(7)9/h2H,1H2,(H,5,8)(H,6,7);1-2H2,(H,5,6)(H,7,9). The summed E-state index contributed by atoms with van der Waals surface area (Å²) in [5, 5.41) is 27.0. The molecule has 0 amide bonds. The molecule has 10 heteroatoms. The van der Waals surface area contributed by atoms with Gasteiger partial charge in [-0.1, -0.05) is 24.0 Å². The molecule has 1 aliphatic heterocycles. The number of nitrogens with one attached hydrogen (secondary N) is 1. The summed E-state index contributed by atoms with van der Waals surface area (Å²) in [6, 6.07) is -0.470. The minimum absolute atomic E-state index is 0.193. The second kappa shape index (κ2) is 9.03. The molecule has 0 saturated carbocycles. The van der Waals surface area contributed by atoms with Crippen molar-refractivity contribution in [3.8, 4) is 0 Å². The maximum Gasteiger partial charge on any atom is 0.329 e. The molecule has 7 nitrogen and oxygen atoms in total. The summed E-state index contributed by atoms with van der Waals surface area (Å²) in [7, 11) is 0. The van der Waals surface area contributed by atoms with Crippen molar-refractivity contribution < 1.29 is 29.6 Å². The molecule has 0 aromatic carbocycles. The number of ether oxygens (including phenoxy) is 1. The second-order valence-corrected chi connectivity index (χ2v) is 5.08. The molecule has 4 N–H and O–H groups in total. The van der Waals surface area contributed by atoms with Gasteiger partial charge in [-0.25, -0.2) is 9.59 Å². The Kier molecular flexibility index (Phi) is 8.54. The molecule has 1 atom stereocenters. The number of aliphatic carboxylic acids is 2. The first kappa shape index (κ1) is 17.0. The van der Waals surface area contributed by atoms with E-state index in [2.05, 4.69) is 22.3 Å². The lowest BCUT2D eigenvalue weighted by molar-refractivity contribution is -0.141. The van der Waals surface area contributed by atoms with Gasteiger partial charge in [0.1, 0.15) is 23.6 Å². The van der Waals surface area contributed by atoms with Gasteiger partial charge >= 0.3 is 11.9 Å². The summed E-state index contributed by atoms with van der Waals surface area (Å²) >= 11 is 10.3. The third kappa shape index (κ3) is 9.10. The molecule has 0 aromatic rings. The Hall–Kier alpha value is -0.970. The van der Waals surface area contributed by atoms with Crippen LogP contribution in [0.15, 0.2) is 0 Å². The Labute approximate surface area is 118 Å². The fourth-order valence-electron chi connectivity index (χ4n) is 0.743. The van der Waals surface area contributed by atoms with Gasteiger partial charge in [0.15, 0.2) is 5.05 Å². The molecule has 1 rings (SSSR count). The first-order valence-electron chi connectivity index (χ1n) is 4.50. The minimum Gasteiger partial charge on any atom is -0.500 e. The van der Waals surface area contributed by atoms with Crippen LogP contribution in [0.25, 0.3) is 0 Å². The molecule has 1 fully saturated rings. The number of carbonyl (C=O) groups is 2. The number of hydrogen-bond donors (Lipinski definition) is 4. The van der Waals surface area contributed by atoms with Gasteiger partial charge in [-0.15, -0.1) is 0 Å². The lowest BCUT2D eigenvalue weighted by atomic mass is 10.4. The molecule has 1 heterocycles. The van der Waals surface area contributed by atoms with Crippen LogP contribution in [0.1, 0.15) is 0 Å². The summed E-state index contributed by atoms with van der Waals surface area (Å²) < 4.78 is 4.95. The second-order valence-electron chi connectivity index (χ2n) is 2.91. The van der Waals surface area contributed by atoms with Crippen LogP contribution in [-0.4, -0.2) is 61.6 Å². The van der Waals surface area contributed by atoms with Crippen molar-refractivity contribution in [3.05, 3.63) is 0 Å². The van der Waals surface area contributed by atoms with Crippen molar-refractivity contribution in [2.75, 3.05) is 19.0 Å². The molecule has 1 aliphatic rings. The molecule has 1 unspecified atom stereocenters. The van der Waals surface area contributed by atoms with Crippen LogP contribution in [0, 0.1) is 0 Å². The molecule has 0 bridgehead atoms. The molecular formula is C8H11NO6S3. The Bertz CT molecular complexity index is 334. The zero-order chi connectivity index (χ0) is 14.1. The lowest BCUT2D eigenvalue weighted by Gasteiger charge is -1.99. The number of rotatable bonds is 5. The topological polar surface area (TPSA) is 116 Å². The fourth-order valence-corrected chi connectivity index (χ4v) is 1.94. The molecule has 0 aromatic heterocycles. The van der Waals surface area contributed by atoms with Crippen molar-refractivity contribution in [1.29, 1.82) is 0 Å². The van der Waals surface area contributed by atoms with E-state index in [1.165, 1.54) is 11.8 Å². The number of carboxylic acid groups (broad SMARTS) is 2. The van der Waals surface area contributed by atoms with E-state index in [4.69, 9.17) is 27.5 Å². The number of aliphatic hydroxyl groups excluding tert-OH is 1. The van der Waals surface area contributed by atoms with Gasteiger partial charge in [-0.3, -0.25) is 0 Å². The molecule has 102 valence electrons. The van der Waals surface area contributed by atoms with Gasteiger partial charge in [0.2, 0.25) is 0 Å². The van der Waals surface area contributed by atoms with Crippen molar-refractivity contribution in [1.82, 2.24) is 5.32 Å². The quantitative estimate of drug-likeness (QED) is 0.518. The van der Waals surface area contributed by atoms with E-state index in [1.807, 2.05) is 0 Å². The van der Waals surface area contributed by atoms with Crippen molar-refractivity contribution in [2.45, 2.75) is 6.04 Å². The predicted molar refractivity (Wildman–Crippen MR) is 73.3 cm³/mol. The summed E-state index contributed by atoms with van der Waals surface area (Å²) in [6.45, 7) is -0.623. The molecule has 0 spiro atoms. The van der Waals surface area contributed by atoms with Gasteiger partial charge in [0.05, 0.1) is 0 Å². The van der Waals surface area contributed by atoms with Crippen molar-refractivity contribution >= 4 is 57.5 Å². The molecule has 18 heavy (non-hydrogen) atoms. The highest BCUT2D eigenvalue weighted by Gasteiger charge is 2.24. The average molecular weight is 313 g/mol. The van der Waals surface area contributed by atoms with Crippen LogP contribution >= 0.6 is 36.2 Å². The van der Waals surface area contributed by atoms with E-state index < -0.39 is 24.6 Å². The van der Waals surface area contributed by atoms with Crippen molar-refractivity contribution in [3.63, 3.8) is 0 Å². The zero-order valence-electron chi connectivity index (χ0n) is 8.99. The first-order valence-corrected chi connectivity index (χ1v) is 6.30. The van der Waals surface area contributed by atoms with Crippen LogP contribution in [0.2, 0.25) is 0 Å². The number of thiocarbonyl (C=S) groups is 2. The summed E-state index contributed by atoms with van der Waals surface area (Å²) in [5.74, 6) is -1.36. The molecule has 1 saturated heterocycles. The van der Waals surface area contributed by atoms with Crippen molar-refractivity contribution in [2.24, 2.45) is 0 Å². The average Bonchev–Trinajstić information content (AvgIpc) is 2.64. The van der Waals surface area contributed by atoms with E-state index in [0.717, 1.165) is 0 Å². The summed E-state index contributed by atoms with van der Waals surface area (Å²) in [4.78, 5) is 19.9. The number of aliphatic hydroxyl groups is 1. The SMILES string of the molecule is O=C(O)C1CSC(=S)N1.O=C(O)COCC(O)=S. The van der Waals surface area contributed by atoms with Gasteiger partial charge in [0, 0.05) is 5.75 Å². The summed E-state index contributed by atoms with van der Waals surface area (Å²) in [5.41, 5.74) is 0. The monoisotopic (exact) mass is 313 g/mol. The van der Waals surface area contributed by atoms with Gasteiger partial charge in [-0.05, 0) is 12.2 Å². The largest absolute Gasteiger partial charge is 0.500 e. The highest BCUT2D eigenvalue weighted by Crippen LogP contribution is 2.12. The first-order chi connectivity index (χ1) is 8.32. The molecule has 0 aliphatic carbocycles. The normalized spacial score (nSPS) is 17.3. The third-order valence-electron chi connectivity index (χ3n) is 1.42. The smallest absolute Gasteiger partial charge is 0.329 e. The maximum atomic E-state index is 10.2. The molecule has 0 radical (unpaired) electrons. The van der Waals surface area contributed by atoms with Crippen LogP contribution in [0.4, 0.5) is 0 Å². The maximum absolute atomic E-state index is 10.2. The van der Waals surface area contributed by atoms with Crippen LogP contribution in [-0.2, 0) is 14.3 Å². The number of hydrogen-bond acceptors (Lipinski definition) is 6. The lowest BCUT2D eigenvalue weighted by Crippen LogP contribution is -2.33. The van der Waals surface area contributed by atoms with Crippen LogP contribution in [0.3, 0.4) is 0 Å². The zero-order valence-corrected chi connectivity index (χ0v) is 11.4. The number of thioether (sulfide) groups is 1. The highest BCUT2D eigenvalue weighted by molar-refractivity contribution is 8.23. The van der Waals surface area contributed by atoms with Gasteiger partial charge in [-0.2, -0.15) is 0 Å². The predicted octanol–water partition coefficient (Wildman–Crippen LogP) is 0.0339. The van der Waals surface area contributed by atoms with Crippen LogP contribution in [0.5, 0.6) is 0 Å². The Morgan fingerprint density at radius 3 is 2.28 bits per heavy atom. The molecular weight excluding hydrogens is 302 g/mol. The summed E-state index contributed by atoms with van der Waals surface area (Å²) in [6.07, 6.45) is 0. The van der Waals surface area contributed by atoms with E-state index >= 15 is 0 Å². The van der Waals surface area contributed by atoms with E-state index in [1.54, 1.807) is 0 Å². The minimum atomic E-state index is -1.08. The van der Waals surface area contributed by atoms with E-state index in [-0.39, 0.29) is 11.7 Å². The van der Waals surface area contributed by atoms with E-state index in [9.17, 15) is 9.59 Å². The number of carboxylic acids is 2. The Morgan fingerprint density at radius 1 is 1.39 bits per heavy atom. The highest BCUT2D eigenvalue weighted by atomic mass is 32.2. The van der Waals surface area contributed by atoms with E-state index in [0.29, 0.717) is 10.1 Å². The van der Waals surface area contributed by atoms with Gasteiger partial charge < -0.3 is 25.4 Å². The fraction of sp³-hybridized carbons (Fsp3) is 0.500. The Morgan fingerprint density at radius 2 is 2.00 bits per heavy atom. The third-order valence-corrected chi connectivity index (χ3v) is 2.89. The van der Waals surface area contributed by atoms with Gasteiger partial charge in [0.25, 0.3) is 0 Å². The van der Waals surface area contributed by atoms with Crippen LogP contribution < -0.4 is 5.32 Å². The Balaban J connectivity index is 0.000000321.